The van der Waals surface area contributed by atoms with Crippen LogP contribution in [0, 0.1) is 0 Å². The third-order valence-corrected chi connectivity index (χ3v) is 6.56. The molecule has 4 aromatic rings. The predicted octanol–water partition coefficient (Wildman–Crippen LogP) is 5.35. The smallest absolute Gasteiger partial charge is 0.490 e. The number of benzene rings is 1. The van der Waals surface area contributed by atoms with Crippen LogP contribution in [0.2, 0.25) is 0 Å². The van der Waals surface area contributed by atoms with Gasteiger partial charge < -0.3 is 24.5 Å². The number of thiazole rings is 1. The first-order valence-corrected chi connectivity index (χ1v) is 12.2. The van der Waals surface area contributed by atoms with E-state index in [0.717, 1.165) is 56.8 Å². The van der Waals surface area contributed by atoms with E-state index in [1.165, 1.54) is 25.9 Å². The van der Waals surface area contributed by atoms with Crippen molar-refractivity contribution in [2.45, 2.75) is 25.4 Å². The summed E-state index contributed by atoms with van der Waals surface area (Å²) in [5, 5.41) is 9.29. The fourth-order valence-electron chi connectivity index (χ4n) is 4.12. The molecular weight excluding hydrogens is 497 g/mol. The summed E-state index contributed by atoms with van der Waals surface area (Å²) < 4.78 is 43.5. The van der Waals surface area contributed by atoms with Crippen LogP contribution in [0.4, 0.5) is 13.2 Å². The lowest BCUT2D eigenvalue weighted by Gasteiger charge is -2.15. The number of carbonyl (C=O) groups is 1. The topological polar surface area (TPSA) is 101 Å². The van der Waals surface area contributed by atoms with Crippen molar-refractivity contribution < 1.29 is 32.5 Å². The molecule has 0 unspecified atom stereocenters. The van der Waals surface area contributed by atoms with Crippen LogP contribution in [0.25, 0.3) is 32.4 Å². The number of ether oxygens (including phenoxy) is 2. The summed E-state index contributed by atoms with van der Waals surface area (Å²) >= 11 is 1.59. The van der Waals surface area contributed by atoms with E-state index in [9.17, 15) is 13.2 Å². The van der Waals surface area contributed by atoms with E-state index in [1.54, 1.807) is 18.4 Å². The number of rotatable bonds is 7. The van der Waals surface area contributed by atoms with Crippen molar-refractivity contribution in [3.05, 3.63) is 36.1 Å². The molecule has 1 saturated heterocycles. The fraction of sp³-hybridized carbons (Fsp3) is 0.375. The van der Waals surface area contributed by atoms with Crippen molar-refractivity contribution in [2.24, 2.45) is 0 Å². The standard InChI is InChI=1S/C22H24N4O2S.C2HF3O2/c1-27-18-11-15-17(12-19(18)28-10-4-9-26-7-2-3-8-26)25-16-5-6-24-22(21(15)16)20-13-23-14-29-20;3-2(4,5)1(6)7/h5-6,11-14,25H,2-4,7-10H2,1H3;(H,6,7). The maximum absolute atomic E-state index is 10.6. The van der Waals surface area contributed by atoms with Gasteiger partial charge in [-0.25, -0.2) is 4.79 Å². The molecule has 0 bridgehead atoms. The molecule has 1 fully saturated rings. The van der Waals surface area contributed by atoms with E-state index in [1.807, 2.05) is 30.0 Å². The number of fused-ring (bicyclic) bond motifs is 3. The molecule has 1 aromatic carbocycles. The summed E-state index contributed by atoms with van der Waals surface area (Å²) in [4.78, 5) is 24.8. The van der Waals surface area contributed by atoms with Crippen LogP contribution in [0.5, 0.6) is 11.5 Å². The average Bonchev–Trinajstić information content (AvgIpc) is 3.62. The van der Waals surface area contributed by atoms with Crippen LogP contribution in [0.3, 0.4) is 0 Å². The van der Waals surface area contributed by atoms with Crippen LogP contribution < -0.4 is 9.47 Å². The number of carboxylic acid groups (broad SMARTS) is 1. The number of methoxy groups -OCH3 is 1. The Kier molecular flexibility index (Phi) is 7.94. The van der Waals surface area contributed by atoms with Gasteiger partial charge in [0.15, 0.2) is 11.5 Å². The molecule has 36 heavy (non-hydrogen) atoms. The van der Waals surface area contributed by atoms with Gasteiger partial charge in [0, 0.05) is 35.8 Å². The molecule has 1 aliphatic heterocycles. The van der Waals surface area contributed by atoms with Crippen LogP contribution in [0.1, 0.15) is 19.3 Å². The van der Waals surface area contributed by atoms with Crippen LogP contribution in [-0.2, 0) is 4.79 Å². The summed E-state index contributed by atoms with van der Waals surface area (Å²) in [5.41, 5.74) is 4.85. The minimum absolute atomic E-state index is 0.687. The van der Waals surface area contributed by atoms with Gasteiger partial charge in [-0.3, -0.25) is 9.97 Å². The van der Waals surface area contributed by atoms with E-state index < -0.39 is 12.1 Å². The molecular formula is C24H25F3N4O4S. The van der Waals surface area contributed by atoms with E-state index in [0.29, 0.717) is 6.61 Å². The second-order valence-electron chi connectivity index (χ2n) is 8.18. The number of H-pyrrole nitrogens is 1. The Balaban J connectivity index is 0.000000384. The molecule has 0 saturated carbocycles. The van der Waals surface area contributed by atoms with Crippen LogP contribution in [-0.4, -0.2) is 70.5 Å². The minimum atomic E-state index is -5.08. The van der Waals surface area contributed by atoms with Crippen molar-refractivity contribution in [1.82, 2.24) is 19.9 Å². The summed E-state index contributed by atoms with van der Waals surface area (Å²) in [7, 11) is 1.69. The number of hydrogen-bond donors (Lipinski definition) is 2. The van der Waals surface area contributed by atoms with Gasteiger partial charge in [0.1, 0.15) is 0 Å². The highest BCUT2D eigenvalue weighted by atomic mass is 32.1. The molecule has 0 aliphatic carbocycles. The number of alkyl halides is 3. The second kappa shape index (κ2) is 11.1. The Hall–Kier alpha value is -3.38. The number of aromatic nitrogens is 3. The maximum atomic E-state index is 10.6. The first-order chi connectivity index (χ1) is 17.3. The predicted molar refractivity (Wildman–Crippen MR) is 131 cm³/mol. The SMILES string of the molecule is COc1cc2c(cc1OCCCN1CCCC1)[nH]c1ccnc(-c3cncs3)c12.O=C(O)C(F)(F)F. The molecule has 2 N–H and O–H groups in total. The van der Waals surface area contributed by atoms with Gasteiger partial charge in [-0.15, -0.1) is 11.3 Å². The van der Waals surface area contributed by atoms with E-state index >= 15 is 0 Å². The number of nitrogens with zero attached hydrogens (tertiary/aromatic N) is 3. The van der Waals surface area contributed by atoms with Crippen molar-refractivity contribution in [2.75, 3.05) is 33.4 Å². The lowest BCUT2D eigenvalue weighted by molar-refractivity contribution is -0.192. The molecule has 0 spiro atoms. The average molecular weight is 523 g/mol. The third-order valence-electron chi connectivity index (χ3n) is 5.78. The second-order valence-corrected chi connectivity index (χ2v) is 9.06. The maximum Gasteiger partial charge on any atom is 0.490 e. The highest BCUT2D eigenvalue weighted by Crippen LogP contribution is 2.39. The number of aromatic amines is 1. The first kappa shape index (κ1) is 25.7. The number of pyridine rings is 1. The van der Waals surface area contributed by atoms with E-state index in [2.05, 4.69) is 25.9 Å². The molecule has 5 rings (SSSR count). The zero-order valence-corrected chi connectivity index (χ0v) is 20.3. The first-order valence-electron chi connectivity index (χ1n) is 11.3. The van der Waals surface area contributed by atoms with Gasteiger partial charge in [0.2, 0.25) is 0 Å². The Bertz CT molecular complexity index is 1320. The van der Waals surface area contributed by atoms with Crippen molar-refractivity contribution in [3.63, 3.8) is 0 Å². The van der Waals surface area contributed by atoms with Crippen LogP contribution in [0.15, 0.2) is 36.1 Å². The normalized spacial score (nSPS) is 14.1. The molecule has 4 heterocycles. The number of halogens is 3. The minimum Gasteiger partial charge on any atom is -0.493 e. The zero-order chi connectivity index (χ0) is 25.7. The van der Waals surface area contributed by atoms with Crippen LogP contribution >= 0.6 is 11.3 Å². The van der Waals surface area contributed by atoms with E-state index in [-0.39, 0.29) is 0 Å². The number of aliphatic carboxylic acids is 1. The van der Waals surface area contributed by atoms with Crippen molar-refractivity contribution in [3.8, 4) is 22.1 Å². The number of carboxylic acids is 1. The zero-order valence-electron chi connectivity index (χ0n) is 19.5. The summed E-state index contributed by atoms with van der Waals surface area (Å²) in [6, 6.07) is 6.10. The van der Waals surface area contributed by atoms with Gasteiger partial charge in [0.05, 0.1) is 40.8 Å². The third kappa shape index (κ3) is 5.88. The molecule has 8 nitrogen and oxygen atoms in total. The van der Waals surface area contributed by atoms with Gasteiger partial charge in [-0.2, -0.15) is 13.2 Å². The summed E-state index contributed by atoms with van der Waals surface area (Å²) in [6.45, 7) is 4.23. The summed E-state index contributed by atoms with van der Waals surface area (Å²) in [6.07, 6.45) is 2.28. The quantitative estimate of drug-likeness (QED) is 0.316. The molecule has 12 heteroatoms. The molecule has 3 aromatic heterocycles. The van der Waals surface area contributed by atoms with Gasteiger partial charge >= 0.3 is 12.1 Å². The highest BCUT2D eigenvalue weighted by Gasteiger charge is 2.38. The molecule has 1 aliphatic rings. The van der Waals surface area contributed by atoms with Gasteiger partial charge in [-0.1, -0.05) is 0 Å². The van der Waals surface area contributed by atoms with E-state index in [4.69, 9.17) is 19.4 Å². The lowest BCUT2D eigenvalue weighted by atomic mass is 10.1. The molecule has 0 atom stereocenters. The van der Waals surface area contributed by atoms with Crippen molar-refractivity contribution >= 4 is 39.1 Å². The number of likely N-dealkylation sites (tertiary alicyclic amines) is 1. The molecule has 192 valence electrons. The Morgan fingerprint density at radius 2 is 1.97 bits per heavy atom. The monoisotopic (exact) mass is 522 g/mol. The fourth-order valence-corrected chi connectivity index (χ4v) is 4.75. The van der Waals surface area contributed by atoms with Gasteiger partial charge in [0.25, 0.3) is 0 Å². The summed E-state index contributed by atoms with van der Waals surface area (Å²) in [5.74, 6) is -1.23. The number of nitrogens with one attached hydrogen (secondary N) is 1. The molecule has 0 amide bonds. The Morgan fingerprint density at radius 1 is 1.22 bits per heavy atom. The molecule has 0 radical (unpaired) electrons. The Morgan fingerprint density at radius 3 is 2.61 bits per heavy atom. The van der Waals surface area contributed by atoms with Gasteiger partial charge in [-0.05, 0) is 44.5 Å². The highest BCUT2D eigenvalue weighted by molar-refractivity contribution is 7.13. The van der Waals surface area contributed by atoms with Crippen molar-refractivity contribution in [1.29, 1.82) is 0 Å². The Labute approximate surface area is 208 Å². The largest absolute Gasteiger partial charge is 0.493 e. The number of hydrogen-bond acceptors (Lipinski definition) is 7. The lowest BCUT2D eigenvalue weighted by Crippen LogP contribution is -2.21.